The van der Waals surface area contributed by atoms with Gasteiger partial charge in [-0.3, -0.25) is 0 Å². The summed E-state index contributed by atoms with van der Waals surface area (Å²) >= 11 is 1.74. The van der Waals surface area contributed by atoms with Crippen LogP contribution in [0, 0.1) is 17.1 Å². The highest BCUT2D eigenvalue weighted by atomic mass is 32.2. The Morgan fingerprint density at radius 2 is 2.00 bits per heavy atom. The standard InChI is InChI=1S/C17H14FNOS/c1-21-17-6-5-16(14-3-2-4-15(14)17)20-13-8-11(10-19)7-12(18)9-13/h5-9H,2-4H2,1H3. The second kappa shape index (κ2) is 5.79. The van der Waals surface area contributed by atoms with Crippen molar-refractivity contribution < 1.29 is 9.13 Å². The van der Waals surface area contributed by atoms with Gasteiger partial charge in [0.25, 0.3) is 0 Å². The summed E-state index contributed by atoms with van der Waals surface area (Å²) in [5, 5.41) is 8.90. The minimum absolute atomic E-state index is 0.266. The molecule has 2 aromatic rings. The van der Waals surface area contributed by atoms with Gasteiger partial charge in [-0.25, -0.2) is 4.39 Å². The summed E-state index contributed by atoms with van der Waals surface area (Å²) < 4.78 is 19.3. The van der Waals surface area contributed by atoms with Gasteiger partial charge in [-0.1, -0.05) is 0 Å². The van der Waals surface area contributed by atoms with Crippen molar-refractivity contribution in [2.75, 3.05) is 6.26 Å². The van der Waals surface area contributed by atoms with Crippen LogP contribution < -0.4 is 4.74 Å². The molecule has 0 saturated heterocycles. The lowest BCUT2D eigenvalue weighted by Gasteiger charge is -2.13. The van der Waals surface area contributed by atoms with Crippen molar-refractivity contribution in [3.05, 3.63) is 52.8 Å². The molecule has 0 N–H and O–H groups in total. The van der Waals surface area contributed by atoms with Gasteiger partial charge in [-0.15, -0.1) is 11.8 Å². The van der Waals surface area contributed by atoms with Crippen molar-refractivity contribution in [1.82, 2.24) is 0 Å². The van der Waals surface area contributed by atoms with Gasteiger partial charge >= 0.3 is 0 Å². The predicted molar refractivity (Wildman–Crippen MR) is 81.4 cm³/mol. The molecular weight excluding hydrogens is 285 g/mol. The molecule has 0 unspecified atom stereocenters. The maximum Gasteiger partial charge on any atom is 0.131 e. The molecule has 4 heteroatoms. The van der Waals surface area contributed by atoms with Gasteiger partial charge in [0, 0.05) is 11.0 Å². The number of thioether (sulfide) groups is 1. The minimum atomic E-state index is -0.457. The third-order valence-corrected chi connectivity index (χ3v) is 4.47. The van der Waals surface area contributed by atoms with E-state index in [0.29, 0.717) is 5.75 Å². The highest BCUT2D eigenvalue weighted by Gasteiger charge is 2.19. The van der Waals surface area contributed by atoms with Crippen LogP contribution in [0.5, 0.6) is 11.5 Å². The first kappa shape index (κ1) is 14.0. The van der Waals surface area contributed by atoms with Gasteiger partial charge in [0.1, 0.15) is 17.3 Å². The zero-order valence-electron chi connectivity index (χ0n) is 11.6. The number of fused-ring (bicyclic) bond motifs is 1. The number of ether oxygens (including phenoxy) is 1. The Hall–Kier alpha value is -1.99. The Bertz CT molecular complexity index is 736. The summed E-state index contributed by atoms with van der Waals surface area (Å²) in [5.41, 5.74) is 2.82. The summed E-state index contributed by atoms with van der Waals surface area (Å²) in [6.07, 6.45) is 5.24. The van der Waals surface area contributed by atoms with Crippen LogP contribution in [-0.4, -0.2) is 6.26 Å². The first-order valence-corrected chi connectivity index (χ1v) is 8.01. The van der Waals surface area contributed by atoms with E-state index in [1.54, 1.807) is 17.8 Å². The predicted octanol–water partition coefficient (Wildman–Crippen LogP) is 4.70. The molecule has 106 valence electrons. The van der Waals surface area contributed by atoms with Crippen LogP contribution in [0.3, 0.4) is 0 Å². The quantitative estimate of drug-likeness (QED) is 0.770. The maximum atomic E-state index is 13.5. The van der Waals surface area contributed by atoms with Crippen molar-refractivity contribution in [1.29, 1.82) is 5.26 Å². The monoisotopic (exact) mass is 299 g/mol. The smallest absolute Gasteiger partial charge is 0.131 e. The Balaban J connectivity index is 1.98. The number of benzene rings is 2. The molecule has 1 aliphatic rings. The van der Waals surface area contributed by atoms with Crippen molar-refractivity contribution in [3.63, 3.8) is 0 Å². The molecule has 3 rings (SSSR count). The van der Waals surface area contributed by atoms with E-state index in [2.05, 4.69) is 12.3 Å². The molecule has 0 heterocycles. The average molecular weight is 299 g/mol. The van der Waals surface area contributed by atoms with E-state index in [9.17, 15) is 4.39 Å². The molecule has 0 atom stereocenters. The minimum Gasteiger partial charge on any atom is -0.457 e. The summed E-state index contributed by atoms with van der Waals surface area (Å²) in [4.78, 5) is 1.28. The Labute approximate surface area is 127 Å². The van der Waals surface area contributed by atoms with E-state index in [1.807, 2.05) is 12.1 Å². The lowest BCUT2D eigenvalue weighted by atomic mass is 10.1. The molecule has 1 aliphatic carbocycles. The van der Waals surface area contributed by atoms with E-state index in [4.69, 9.17) is 10.00 Å². The van der Waals surface area contributed by atoms with Crippen molar-refractivity contribution in [2.45, 2.75) is 24.2 Å². The third-order valence-electron chi connectivity index (χ3n) is 3.65. The second-order valence-corrected chi connectivity index (χ2v) is 5.81. The van der Waals surface area contributed by atoms with Gasteiger partial charge in [0.05, 0.1) is 11.6 Å². The van der Waals surface area contributed by atoms with Gasteiger partial charge in [0.15, 0.2) is 0 Å². The number of nitriles is 1. The van der Waals surface area contributed by atoms with Crippen LogP contribution in [0.2, 0.25) is 0 Å². The first-order chi connectivity index (χ1) is 10.2. The molecule has 0 fully saturated rings. The van der Waals surface area contributed by atoms with Gasteiger partial charge in [-0.05, 0) is 60.9 Å². The molecule has 2 nitrogen and oxygen atoms in total. The Morgan fingerprint density at radius 1 is 1.19 bits per heavy atom. The van der Waals surface area contributed by atoms with Crippen LogP contribution in [0.15, 0.2) is 35.2 Å². The van der Waals surface area contributed by atoms with E-state index < -0.39 is 5.82 Å². The molecule has 0 aliphatic heterocycles. The molecule has 0 amide bonds. The molecular formula is C17H14FNOS. The van der Waals surface area contributed by atoms with E-state index >= 15 is 0 Å². The fourth-order valence-electron chi connectivity index (χ4n) is 2.74. The summed E-state index contributed by atoms with van der Waals surface area (Å²) in [7, 11) is 0. The summed E-state index contributed by atoms with van der Waals surface area (Å²) in [6.45, 7) is 0. The van der Waals surface area contributed by atoms with Crippen LogP contribution in [0.25, 0.3) is 0 Å². The molecule has 21 heavy (non-hydrogen) atoms. The second-order valence-electron chi connectivity index (χ2n) is 4.97. The molecule has 0 bridgehead atoms. The molecule has 0 aromatic heterocycles. The topological polar surface area (TPSA) is 33.0 Å². The van der Waals surface area contributed by atoms with Crippen molar-refractivity contribution >= 4 is 11.8 Å². The summed E-state index contributed by atoms with van der Waals surface area (Å²) in [6, 6.07) is 10.0. The Kier molecular flexibility index (Phi) is 3.85. The van der Waals surface area contributed by atoms with Crippen LogP contribution >= 0.6 is 11.8 Å². The van der Waals surface area contributed by atoms with E-state index in [0.717, 1.165) is 25.0 Å². The molecule has 0 spiro atoms. The van der Waals surface area contributed by atoms with Crippen molar-refractivity contribution in [3.8, 4) is 17.6 Å². The fourth-order valence-corrected chi connectivity index (χ4v) is 3.42. The summed E-state index contributed by atoms with van der Waals surface area (Å²) in [5.74, 6) is 0.689. The lowest BCUT2D eigenvalue weighted by Crippen LogP contribution is -1.94. The first-order valence-electron chi connectivity index (χ1n) is 6.78. The lowest BCUT2D eigenvalue weighted by molar-refractivity contribution is 0.471. The molecule has 0 radical (unpaired) electrons. The highest BCUT2D eigenvalue weighted by molar-refractivity contribution is 7.98. The number of nitrogens with zero attached hydrogens (tertiary/aromatic N) is 1. The van der Waals surface area contributed by atoms with Gasteiger partial charge in [-0.2, -0.15) is 5.26 Å². The third kappa shape index (κ3) is 2.74. The number of rotatable bonds is 3. The number of hydrogen-bond acceptors (Lipinski definition) is 3. The Morgan fingerprint density at radius 3 is 2.76 bits per heavy atom. The van der Waals surface area contributed by atoms with Gasteiger partial charge < -0.3 is 4.74 Å². The van der Waals surface area contributed by atoms with Gasteiger partial charge in [0.2, 0.25) is 0 Å². The number of hydrogen-bond donors (Lipinski definition) is 0. The van der Waals surface area contributed by atoms with E-state index in [1.165, 1.54) is 28.2 Å². The molecule has 0 saturated carbocycles. The number of halogens is 1. The van der Waals surface area contributed by atoms with Crippen LogP contribution in [0.4, 0.5) is 4.39 Å². The largest absolute Gasteiger partial charge is 0.457 e. The normalized spacial score (nSPS) is 12.8. The maximum absolute atomic E-state index is 13.5. The molecule has 2 aromatic carbocycles. The van der Waals surface area contributed by atoms with Crippen LogP contribution in [-0.2, 0) is 12.8 Å². The van der Waals surface area contributed by atoms with E-state index in [-0.39, 0.29) is 5.56 Å². The highest BCUT2D eigenvalue weighted by Crippen LogP contribution is 2.38. The zero-order valence-corrected chi connectivity index (χ0v) is 12.5. The SMILES string of the molecule is CSc1ccc(Oc2cc(F)cc(C#N)c2)c2c1CCC2. The van der Waals surface area contributed by atoms with Crippen molar-refractivity contribution in [2.24, 2.45) is 0 Å². The zero-order chi connectivity index (χ0) is 14.8. The van der Waals surface area contributed by atoms with Crippen LogP contribution in [0.1, 0.15) is 23.1 Å². The average Bonchev–Trinajstić information content (AvgIpc) is 2.97. The fraction of sp³-hybridized carbons (Fsp3) is 0.235.